The van der Waals surface area contributed by atoms with Gasteiger partial charge in [0.1, 0.15) is 5.82 Å². The molecule has 4 rings (SSSR count). The van der Waals surface area contributed by atoms with Crippen LogP contribution in [-0.4, -0.2) is 49.2 Å². The average Bonchev–Trinajstić information content (AvgIpc) is 3.28. The van der Waals surface area contributed by atoms with Gasteiger partial charge < -0.3 is 10.6 Å². The highest BCUT2D eigenvalue weighted by molar-refractivity contribution is 6.03. The summed E-state index contributed by atoms with van der Waals surface area (Å²) in [4.78, 5) is 17.0. The summed E-state index contributed by atoms with van der Waals surface area (Å²) in [6, 6.07) is 7.71. The van der Waals surface area contributed by atoms with Crippen LogP contribution in [0.1, 0.15) is 40.9 Å². The molecule has 9 heteroatoms. The minimum absolute atomic E-state index is 0.268. The number of benzene rings is 1. The van der Waals surface area contributed by atoms with Gasteiger partial charge in [-0.25, -0.2) is 9.67 Å². The van der Waals surface area contributed by atoms with E-state index in [1.54, 1.807) is 0 Å². The Bertz CT molecular complexity index is 954. The number of aromatic amines is 1. The van der Waals surface area contributed by atoms with Gasteiger partial charge in [0.25, 0.3) is 5.91 Å². The third-order valence-electron chi connectivity index (χ3n) is 4.77. The van der Waals surface area contributed by atoms with E-state index in [1.807, 2.05) is 42.8 Å². The lowest BCUT2D eigenvalue weighted by atomic mass is 10.1. The van der Waals surface area contributed by atoms with E-state index in [0.717, 1.165) is 43.0 Å². The van der Waals surface area contributed by atoms with Crippen LogP contribution >= 0.6 is 0 Å². The highest BCUT2D eigenvalue weighted by Crippen LogP contribution is 2.22. The van der Waals surface area contributed by atoms with Crippen molar-refractivity contribution in [2.75, 3.05) is 18.4 Å². The lowest BCUT2D eigenvalue weighted by molar-refractivity contribution is 0.102. The van der Waals surface area contributed by atoms with Crippen LogP contribution in [0, 0.1) is 13.8 Å². The average molecular weight is 366 g/mol. The zero-order chi connectivity index (χ0) is 18.8. The van der Waals surface area contributed by atoms with Gasteiger partial charge in [0.15, 0.2) is 11.5 Å². The van der Waals surface area contributed by atoms with Gasteiger partial charge in [0.05, 0.1) is 11.7 Å². The first-order valence-electron chi connectivity index (χ1n) is 9.05. The third kappa shape index (κ3) is 3.59. The van der Waals surface area contributed by atoms with Crippen molar-refractivity contribution in [1.82, 2.24) is 35.5 Å². The van der Waals surface area contributed by atoms with E-state index in [2.05, 4.69) is 36.1 Å². The molecule has 1 aromatic carbocycles. The normalized spacial score (nSPS) is 15.0. The molecule has 0 saturated carbocycles. The number of carbonyl (C=O) groups excluding carboxylic acids is 1. The number of H-pyrrole nitrogens is 1. The zero-order valence-electron chi connectivity index (χ0n) is 15.4. The van der Waals surface area contributed by atoms with E-state index in [1.165, 1.54) is 0 Å². The number of aromatic nitrogens is 6. The Morgan fingerprint density at radius 1 is 1.26 bits per heavy atom. The number of rotatable bonds is 4. The predicted molar refractivity (Wildman–Crippen MR) is 100 cm³/mol. The molecule has 1 amide bonds. The van der Waals surface area contributed by atoms with Crippen LogP contribution in [0.2, 0.25) is 0 Å². The molecule has 3 heterocycles. The molecule has 0 unspecified atom stereocenters. The third-order valence-corrected chi connectivity index (χ3v) is 4.77. The number of nitrogens with one attached hydrogen (secondary N) is 3. The fourth-order valence-electron chi connectivity index (χ4n) is 3.35. The Labute approximate surface area is 156 Å². The van der Waals surface area contributed by atoms with Crippen molar-refractivity contribution >= 4 is 11.6 Å². The van der Waals surface area contributed by atoms with Crippen molar-refractivity contribution in [2.45, 2.75) is 32.7 Å². The molecule has 1 saturated heterocycles. The number of amides is 1. The Hall–Kier alpha value is -3.07. The summed E-state index contributed by atoms with van der Waals surface area (Å²) in [5, 5.41) is 21.6. The smallest absolute Gasteiger partial charge is 0.278 e. The van der Waals surface area contributed by atoms with E-state index >= 15 is 0 Å². The molecule has 0 aliphatic carbocycles. The standard InChI is InChI=1S/C18H22N8O/c1-11-16(23-25-26(11)15-6-8-19-9-7-15)18(27)21-14-5-3-4-13(10-14)17-20-12(2)22-24-17/h3-5,10,15,19H,6-9H2,1-2H3,(H,21,27)(H,20,22,24). The number of hydrogen-bond acceptors (Lipinski definition) is 6. The van der Waals surface area contributed by atoms with Crippen LogP contribution < -0.4 is 10.6 Å². The molecule has 1 aliphatic heterocycles. The van der Waals surface area contributed by atoms with Gasteiger partial charge in [-0.05, 0) is 51.9 Å². The first kappa shape index (κ1) is 17.3. The summed E-state index contributed by atoms with van der Waals surface area (Å²) in [6.45, 7) is 5.65. The van der Waals surface area contributed by atoms with Crippen molar-refractivity contribution in [3.63, 3.8) is 0 Å². The molecule has 1 aliphatic rings. The minimum atomic E-state index is -0.268. The van der Waals surface area contributed by atoms with Gasteiger partial charge in [-0.15, -0.1) is 5.10 Å². The van der Waals surface area contributed by atoms with Crippen molar-refractivity contribution in [2.24, 2.45) is 0 Å². The summed E-state index contributed by atoms with van der Waals surface area (Å²) >= 11 is 0. The molecule has 0 bridgehead atoms. The number of anilines is 1. The van der Waals surface area contributed by atoms with Crippen LogP contribution in [0.3, 0.4) is 0 Å². The summed E-state index contributed by atoms with van der Waals surface area (Å²) in [5.41, 5.74) is 2.64. The van der Waals surface area contributed by atoms with Crippen molar-refractivity contribution in [3.8, 4) is 11.4 Å². The van der Waals surface area contributed by atoms with Crippen LogP contribution in [0.15, 0.2) is 24.3 Å². The van der Waals surface area contributed by atoms with Gasteiger partial charge in [-0.2, -0.15) is 5.10 Å². The van der Waals surface area contributed by atoms with Gasteiger partial charge >= 0.3 is 0 Å². The molecule has 0 atom stereocenters. The van der Waals surface area contributed by atoms with Crippen LogP contribution in [-0.2, 0) is 0 Å². The molecule has 140 valence electrons. The number of nitrogens with zero attached hydrogens (tertiary/aromatic N) is 5. The summed E-state index contributed by atoms with van der Waals surface area (Å²) in [7, 11) is 0. The first-order valence-corrected chi connectivity index (χ1v) is 9.05. The van der Waals surface area contributed by atoms with E-state index in [0.29, 0.717) is 17.2 Å². The zero-order valence-corrected chi connectivity index (χ0v) is 15.4. The lowest BCUT2D eigenvalue weighted by Gasteiger charge is -2.23. The Kier molecular flexibility index (Phi) is 4.68. The molecule has 27 heavy (non-hydrogen) atoms. The van der Waals surface area contributed by atoms with Crippen molar-refractivity contribution < 1.29 is 4.79 Å². The van der Waals surface area contributed by atoms with Gasteiger partial charge in [0.2, 0.25) is 0 Å². The predicted octanol–water partition coefficient (Wildman–Crippen LogP) is 1.86. The second-order valence-corrected chi connectivity index (χ2v) is 6.73. The molecule has 3 N–H and O–H groups in total. The molecule has 0 spiro atoms. The van der Waals surface area contributed by atoms with Crippen molar-refractivity contribution in [3.05, 3.63) is 41.5 Å². The van der Waals surface area contributed by atoms with Crippen LogP contribution in [0.5, 0.6) is 0 Å². The largest absolute Gasteiger partial charge is 0.321 e. The van der Waals surface area contributed by atoms with Crippen molar-refractivity contribution in [1.29, 1.82) is 0 Å². The number of piperidine rings is 1. The van der Waals surface area contributed by atoms with E-state index in [9.17, 15) is 4.79 Å². The fourth-order valence-corrected chi connectivity index (χ4v) is 3.35. The molecule has 3 aromatic rings. The second kappa shape index (κ2) is 7.28. The topological polar surface area (TPSA) is 113 Å². The van der Waals surface area contributed by atoms with Crippen LogP contribution in [0.25, 0.3) is 11.4 Å². The monoisotopic (exact) mass is 366 g/mol. The van der Waals surface area contributed by atoms with E-state index in [4.69, 9.17) is 0 Å². The highest BCUT2D eigenvalue weighted by atomic mass is 16.2. The van der Waals surface area contributed by atoms with Gasteiger partial charge in [0, 0.05) is 11.3 Å². The fraction of sp³-hybridized carbons (Fsp3) is 0.389. The van der Waals surface area contributed by atoms with E-state index in [-0.39, 0.29) is 11.9 Å². The molecule has 9 nitrogen and oxygen atoms in total. The highest BCUT2D eigenvalue weighted by Gasteiger charge is 2.23. The quantitative estimate of drug-likeness (QED) is 0.649. The Morgan fingerprint density at radius 3 is 2.81 bits per heavy atom. The second-order valence-electron chi connectivity index (χ2n) is 6.73. The van der Waals surface area contributed by atoms with Crippen LogP contribution in [0.4, 0.5) is 5.69 Å². The molecule has 0 radical (unpaired) electrons. The number of aryl methyl sites for hydroxylation is 1. The Balaban J connectivity index is 1.52. The first-order chi connectivity index (χ1) is 13.1. The molecular weight excluding hydrogens is 344 g/mol. The SMILES string of the molecule is Cc1nc(-c2cccc(NC(=O)c3nnn(C4CCNCC4)c3C)c2)n[nH]1. The molecule has 1 fully saturated rings. The number of hydrogen-bond donors (Lipinski definition) is 3. The summed E-state index contributed by atoms with van der Waals surface area (Å²) in [5.74, 6) is 1.07. The maximum Gasteiger partial charge on any atom is 0.278 e. The van der Waals surface area contributed by atoms with E-state index < -0.39 is 0 Å². The maximum atomic E-state index is 12.7. The minimum Gasteiger partial charge on any atom is -0.321 e. The Morgan fingerprint density at radius 2 is 2.07 bits per heavy atom. The lowest BCUT2D eigenvalue weighted by Crippen LogP contribution is -2.30. The molecular formula is C18H22N8O. The molecule has 2 aromatic heterocycles. The summed E-state index contributed by atoms with van der Waals surface area (Å²) < 4.78 is 1.88. The summed E-state index contributed by atoms with van der Waals surface area (Å²) in [6.07, 6.45) is 1.98. The van der Waals surface area contributed by atoms with Gasteiger partial charge in [-0.1, -0.05) is 17.3 Å². The maximum absolute atomic E-state index is 12.7. The number of carbonyl (C=O) groups is 1. The van der Waals surface area contributed by atoms with Gasteiger partial charge in [-0.3, -0.25) is 9.89 Å².